The molecule has 0 aliphatic carbocycles. The fraction of sp³-hybridized carbons (Fsp3) is 0.464. The van der Waals surface area contributed by atoms with Crippen LogP contribution in [0.2, 0.25) is 0 Å². The third-order valence-electron chi connectivity index (χ3n) is 8.49. The molecule has 4 N–H and O–H groups in total. The first-order chi connectivity index (χ1) is 20.5. The lowest BCUT2D eigenvalue weighted by molar-refractivity contribution is 0.0136. The van der Waals surface area contributed by atoms with E-state index >= 15 is 0 Å². The third-order valence-corrected chi connectivity index (χ3v) is 11.1. The van der Waals surface area contributed by atoms with Crippen molar-refractivity contribution < 1.29 is 13.5 Å². The van der Waals surface area contributed by atoms with E-state index in [1.54, 1.807) is 43.0 Å². The molecular weight excluding hydrogens is 595 g/mol. The standard InChI is InChI=1S/C28H30F2N10OS2/c1-15(17-5-4-6-35-22(17)33)39(3)24-19(9-32)25(37-26(36-24)41-10-16-7-28(29,30)14-38(16)2)40-12-27(13-40)21-18(8-31)23(34)43-20(21)11-42-27/h4-6,15-16H,7,10-14,34H2,1-3H3,(H2,33,35)/t15-,16+/m1/s1. The van der Waals surface area contributed by atoms with Crippen LogP contribution in [0, 0.1) is 22.7 Å². The topological polar surface area (TPSA) is 157 Å². The first-order valence-corrected chi connectivity index (χ1v) is 15.4. The van der Waals surface area contributed by atoms with Crippen LogP contribution in [0.4, 0.5) is 31.2 Å². The van der Waals surface area contributed by atoms with E-state index in [0.717, 1.165) is 21.8 Å². The van der Waals surface area contributed by atoms with Gasteiger partial charge in [0.15, 0.2) is 11.6 Å². The van der Waals surface area contributed by atoms with Crippen LogP contribution >= 0.6 is 23.1 Å². The lowest BCUT2D eigenvalue weighted by atomic mass is 9.88. The van der Waals surface area contributed by atoms with E-state index in [2.05, 4.69) is 27.1 Å². The van der Waals surface area contributed by atoms with Crippen molar-refractivity contribution in [1.82, 2.24) is 19.9 Å². The molecule has 0 amide bonds. The molecule has 11 nitrogen and oxygen atoms in total. The largest absolute Gasteiger partial charge is 0.462 e. The Morgan fingerprint density at radius 3 is 2.60 bits per heavy atom. The van der Waals surface area contributed by atoms with Gasteiger partial charge in [0.1, 0.15) is 35.1 Å². The normalized spacial score (nSPS) is 20.7. The van der Waals surface area contributed by atoms with Gasteiger partial charge < -0.3 is 26.0 Å². The number of nitriles is 2. The van der Waals surface area contributed by atoms with Crippen molar-refractivity contribution in [2.24, 2.45) is 0 Å². The van der Waals surface area contributed by atoms with Gasteiger partial charge in [-0.2, -0.15) is 20.5 Å². The summed E-state index contributed by atoms with van der Waals surface area (Å²) < 4.78 is 33.7. The molecule has 0 bridgehead atoms. The number of anilines is 4. The number of fused-ring (bicyclic) bond motifs is 2. The average Bonchev–Trinajstić information content (AvgIpc) is 3.57. The average molecular weight is 625 g/mol. The van der Waals surface area contributed by atoms with Gasteiger partial charge in [-0.15, -0.1) is 23.1 Å². The molecule has 1 spiro atoms. The summed E-state index contributed by atoms with van der Waals surface area (Å²) in [6, 6.07) is 7.36. The number of thioether (sulfide) groups is 1. The molecule has 6 rings (SSSR count). The number of rotatable bonds is 7. The second-order valence-electron chi connectivity index (χ2n) is 11.2. The molecule has 6 heterocycles. The van der Waals surface area contributed by atoms with E-state index in [-0.39, 0.29) is 41.9 Å². The van der Waals surface area contributed by atoms with Crippen molar-refractivity contribution >= 4 is 45.6 Å². The van der Waals surface area contributed by atoms with Crippen LogP contribution in [0.3, 0.4) is 0 Å². The maximum Gasteiger partial charge on any atom is 0.320 e. The number of thiophene rings is 1. The highest BCUT2D eigenvalue weighted by Crippen LogP contribution is 2.58. The minimum Gasteiger partial charge on any atom is -0.462 e. The predicted molar refractivity (Wildman–Crippen MR) is 162 cm³/mol. The van der Waals surface area contributed by atoms with E-state index in [4.69, 9.17) is 16.2 Å². The predicted octanol–water partition coefficient (Wildman–Crippen LogP) is 3.72. The molecule has 0 radical (unpaired) electrons. The van der Waals surface area contributed by atoms with Crippen LogP contribution in [0.25, 0.3) is 0 Å². The molecule has 0 unspecified atom stereocenters. The Morgan fingerprint density at radius 2 is 1.95 bits per heavy atom. The van der Waals surface area contributed by atoms with Gasteiger partial charge in [0.25, 0.3) is 5.92 Å². The first kappa shape index (κ1) is 29.2. The summed E-state index contributed by atoms with van der Waals surface area (Å²) in [5.41, 5.74) is 14.8. The molecule has 15 heteroatoms. The molecule has 43 heavy (non-hydrogen) atoms. The fourth-order valence-corrected chi connectivity index (χ4v) is 8.90. The Morgan fingerprint density at radius 1 is 1.21 bits per heavy atom. The van der Waals surface area contributed by atoms with Crippen LogP contribution in [-0.4, -0.2) is 72.2 Å². The zero-order chi connectivity index (χ0) is 30.7. The summed E-state index contributed by atoms with van der Waals surface area (Å²) >= 11 is 3.21. The summed E-state index contributed by atoms with van der Waals surface area (Å²) in [5.74, 6) is -0.964. The lowest BCUT2D eigenvalue weighted by Crippen LogP contribution is -2.57. The summed E-state index contributed by atoms with van der Waals surface area (Å²) in [5, 5.41) is 20.7. The van der Waals surface area contributed by atoms with E-state index < -0.39 is 12.0 Å². The number of likely N-dealkylation sites (N-methyl/N-ethyl adjacent to an activating group) is 1. The van der Waals surface area contributed by atoms with Gasteiger partial charge in [-0.1, -0.05) is 6.07 Å². The Hall–Kier alpha value is -3.92. The van der Waals surface area contributed by atoms with Crippen LogP contribution in [0.1, 0.15) is 46.5 Å². The van der Waals surface area contributed by atoms with Crippen molar-refractivity contribution in [2.45, 2.75) is 41.9 Å². The van der Waals surface area contributed by atoms with Crippen LogP contribution in [-0.2, 0) is 10.5 Å². The van der Waals surface area contributed by atoms with E-state index in [1.165, 1.54) is 11.3 Å². The van der Waals surface area contributed by atoms with Gasteiger partial charge in [-0.05, 0) is 20.0 Å². The molecule has 3 aliphatic heterocycles. The van der Waals surface area contributed by atoms with Crippen molar-refractivity contribution in [3.63, 3.8) is 0 Å². The number of hydrogen-bond acceptors (Lipinski definition) is 13. The number of pyridine rings is 1. The smallest absolute Gasteiger partial charge is 0.320 e. The lowest BCUT2D eigenvalue weighted by Gasteiger charge is -2.48. The molecule has 224 valence electrons. The molecule has 2 atom stereocenters. The van der Waals surface area contributed by atoms with Gasteiger partial charge >= 0.3 is 6.01 Å². The number of nitrogens with two attached hydrogens (primary N) is 2. The van der Waals surface area contributed by atoms with Gasteiger partial charge in [0.05, 0.1) is 22.9 Å². The quantitative estimate of drug-likeness (QED) is 0.393. The molecule has 2 fully saturated rings. The number of nitrogen functional groups attached to an aromatic ring is 2. The SMILES string of the molecule is C[C@H](c1cccnc1N)N(C)c1nc(OC[C@@H]2CC(F)(F)CN2C)nc(N2CC3(C2)SCc2sc(N)c(C#N)c23)c1C#N. The molecule has 3 aromatic rings. The summed E-state index contributed by atoms with van der Waals surface area (Å²) in [4.78, 5) is 19.9. The molecule has 0 saturated carbocycles. The number of likely N-dealkylation sites (tertiary alicyclic amines) is 1. The van der Waals surface area contributed by atoms with Crippen molar-refractivity contribution in [3.8, 4) is 18.1 Å². The van der Waals surface area contributed by atoms with Crippen LogP contribution < -0.4 is 26.0 Å². The minimum absolute atomic E-state index is 0.0102. The Balaban J connectivity index is 1.35. The number of hydrogen-bond donors (Lipinski definition) is 2. The zero-order valence-corrected chi connectivity index (χ0v) is 25.5. The maximum absolute atomic E-state index is 14.0. The first-order valence-electron chi connectivity index (χ1n) is 13.6. The minimum atomic E-state index is -2.79. The van der Waals surface area contributed by atoms with Crippen molar-refractivity contribution in [2.75, 3.05) is 61.6 Å². The third kappa shape index (κ3) is 4.95. The van der Waals surface area contributed by atoms with Gasteiger partial charge in [0, 0.05) is 60.6 Å². The monoisotopic (exact) mass is 624 g/mol. The van der Waals surface area contributed by atoms with Crippen LogP contribution in [0.5, 0.6) is 6.01 Å². The molecule has 2 saturated heterocycles. The highest BCUT2D eigenvalue weighted by atomic mass is 32.2. The highest BCUT2D eigenvalue weighted by Gasteiger charge is 2.53. The van der Waals surface area contributed by atoms with E-state index in [9.17, 15) is 19.3 Å². The van der Waals surface area contributed by atoms with Crippen molar-refractivity contribution in [3.05, 3.63) is 45.5 Å². The number of ether oxygens (including phenoxy) is 1. The second kappa shape index (κ2) is 10.7. The summed E-state index contributed by atoms with van der Waals surface area (Å²) in [6.45, 7) is 2.56. The number of aromatic nitrogens is 3. The zero-order valence-electron chi connectivity index (χ0n) is 23.8. The summed E-state index contributed by atoms with van der Waals surface area (Å²) in [7, 11) is 3.43. The number of halogens is 2. The fourth-order valence-electron chi connectivity index (χ4n) is 6.10. The molecule has 3 aliphatic rings. The van der Waals surface area contributed by atoms with E-state index in [0.29, 0.717) is 41.1 Å². The Kier molecular flexibility index (Phi) is 7.23. The molecular formula is C28H30F2N10OS2. The van der Waals surface area contributed by atoms with Gasteiger partial charge in [0.2, 0.25) is 0 Å². The van der Waals surface area contributed by atoms with Gasteiger partial charge in [-0.25, -0.2) is 13.8 Å². The van der Waals surface area contributed by atoms with E-state index in [1.807, 2.05) is 22.8 Å². The highest BCUT2D eigenvalue weighted by molar-refractivity contribution is 8.00. The Labute approximate surface area is 256 Å². The maximum atomic E-state index is 14.0. The van der Waals surface area contributed by atoms with Gasteiger partial charge in [-0.3, -0.25) is 4.90 Å². The second-order valence-corrected chi connectivity index (χ2v) is 13.7. The Bertz CT molecular complexity index is 1660. The molecule has 0 aromatic carbocycles. The van der Waals surface area contributed by atoms with Crippen molar-refractivity contribution in [1.29, 1.82) is 10.5 Å². The van der Waals surface area contributed by atoms with Crippen LogP contribution in [0.15, 0.2) is 18.3 Å². The number of nitrogens with zero attached hydrogens (tertiary/aromatic N) is 8. The summed E-state index contributed by atoms with van der Waals surface area (Å²) in [6.07, 6.45) is 1.28. The molecule has 3 aromatic heterocycles. The number of alkyl halides is 2.